The Morgan fingerprint density at radius 1 is 0.461 bits per heavy atom. The minimum atomic E-state index is -0.990. The number of pyridine rings is 10. The molecular weight excluding hydrogens is 2200 g/mol. The summed E-state index contributed by atoms with van der Waals surface area (Å²) in [5, 5.41) is 8.32. The third kappa shape index (κ3) is 28.6. The Morgan fingerprint density at radius 3 is 1.54 bits per heavy atom. The number of carboxylic acids is 1. The van der Waals surface area contributed by atoms with Crippen LogP contribution >= 0.6 is 0 Å². The molecule has 3 N–H and O–H groups in total. The minimum absolute atomic E-state index is 0. The summed E-state index contributed by atoms with van der Waals surface area (Å²) in [6.45, 7) is 1.88. The molecule has 13 rings (SSSR count). The number of rotatable bonds is 7. The molecule has 464 valence electrons. The molecule has 0 aliphatic carbocycles. The van der Waals surface area contributed by atoms with Gasteiger partial charge in [-0.3, -0.25) is 18.7 Å². The molecule has 0 aliphatic heterocycles. The van der Waals surface area contributed by atoms with Gasteiger partial charge in [0.15, 0.2) is 0 Å². The molecule has 13 aromatic rings. The van der Waals surface area contributed by atoms with E-state index in [4.69, 9.17) is 5.11 Å². The third-order valence-electron chi connectivity index (χ3n) is 10.6. The van der Waals surface area contributed by atoms with E-state index in [1.165, 1.54) is 30.6 Å². The van der Waals surface area contributed by atoms with E-state index in [2.05, 4.69) is 96.3 Å². The van der Waals surface area contributed by atoms with Gasteiger partial charge in [0.25, 0.3) is 0 Å². The predicted octanol–water partition coefficient (Wildman–Crippen LogP) is 13.6. The fourth-order valence-electron chi connectivity index (χ4n) is 6.70. The first-order valence-electron chi connectivity index (χ1n) is 25.0. The van der Waals surface area contributed by atoms with Crippen LogP contribution in [-0.2, 0) is 121 Å². The van der Waals surface area contributed by atoms with Gasteiger partial charge in [0.1, 0.15) is 11.5 Å². The summed E-state index contributed by atoms with van der Waals surface area (Å²) in [4.78, 5) is 56.1. The van der Waals surface area contributed by atoms with E-state index in [-0.39, 0.29) is 138 Å². The summed E-state index contributed by atoms with van der Waals surface area (Å²) in [7, 11) is 0. The first-order chi connectivity index (χ1) is 40.7. The number of halogens is 3. The number of H-pyrrole nitrogens is 2. The van der Waals surface area contributed by atoms with E-state index in [0.29, 0.717) is 17.0 Å². The van der Waals surface area contributed by atoms with Crippen molar-refractivity contribution in [3.8, 4) is 67.7 Å². The van der Waals surface area contributed by atoms with Crippen molar-refractivity contribution in [3.05, 3.63) is 316 Å². The maximum absolute atomic E-state index is 13.4. The molecule has 0 saturated heterocycles. The Morgan fingerprint density at radius 2 is 1.06 bits per heavy atom. The second-order valence-corrected chi connectivity index (χ2v) is 16.5. The smallest absolute Gasteiger partial charge is 0.354 e. The van der Waals surface area contributed by atoms with Crippen LogP contribution in [0.3, 0.4) is 0 Å². The molecule has 23 heteroatoms. The maximum atomic E-state index is 13.4. The molecule has 1 aromatic carbocycles. The molecule has 0 fully saturated rings. The number of benzene rings is 1. The number of aryl methyl sites for hydroxylation is 1. The van der Waals surface area contributed by atoms with Gasteiger partial charge in [-0.25, -0.2) is 14.2 Å². The Hall–Kier alpha value is -7.56. The van der Waals surface area contributed by atoms with Crippen LogP contribution in [-0.4, -0.2) is 70.9 Å². The van der Waals surface area contributed by atoms with Crippen molar-refractivity contribution in [2.45, 2.75) is 6.92 Å². The summed E-state index contributed by atoms with van der Waals surface area (Å²) in [6, 6.07) is 59.7. The van der Waals surface area contributed by atoms with Gasteiger partial charge >= 0.3 is 5.97 Å². The Balaban J connectivity index is 0.000000515. The molecule has 0 saturated carbocycles. The summed E-state index contributed by atoms with van der Waals surface area (Å²) in [6.07, 6.45) is 28.3. The van der Waals surface area contributed by atoms with Crippen LogP contribution in [0.2, 0.25) is 0 Å². The molecule has 0 bridgehead atoms. The second-order valence-electron chi connectivity index (χ2n) is 16.5. The van der Waals surface area contributed by atoms with Gasteiger partial charge in [-0.15, -0.1) is 59.9 Å². The van der Waals surface area contributed by atoms with Gasteiger partial charge in [-0.1, -0.05) is 103 Å². The molecule has 89 heavy (non-hydrogen) atoms. The number of aromatic carboxylic acids is 1. The minimum Gasteiger partial charge on any atom is -0.477 e. The van der Waals surface area contributed by atoms with Crippen LogP contribution in [0.25, 0.3) is 67.7 Å². The van der Waals surface area contributed by atoms with Crippen molar-refractivity contribution in [2.24, 2.45) is 0 Å². The van der Waals surface area contributed by atoms with Crippen molar-refractivity contribution >= 4 is 5.97 Å². The topological polar surface area (TPSA) is 198 Å². The number of hydrogen-bond acceptors (Lipinski definition) is 11. The van der Waals surface area contributed by atoms with E-state index in [1.807, 2.05) is 122 Å². The zero-order valence-corrected chi connectivity index (χ0v) is 60.5. The number of carbonyl (C=O) groups is 1. The quantitative estimate of drug-likeness (QED) is 0.128. The van der Waals surface area contributed by atoms with Gasteiger partial charge in [0, 0.05) is 176 Å². The SMILES string of the molecule is Cc1ccnc(-c2[c-]cc(F)cc2F)c1.Fc1ccnc(-c2[c-]ccnc2)c1.O=C(O)c1ccccn1.[Ir].[Ir].[Ir].[Ir].[Ir].[Ir].[c-]1[nH]ccc1-c1ccccn1.[c-]1c[nH]cc1-c1ccccn1.[c-]1cccnc1-c1ccccn1.[c-]1cnccc1-c1ccccn1. The van der Waals surface area contributed by atoms with Gasteiger partial charge in [-0.05, 0) is 120 Å². The van der Waals surface area contributed by atoms with Crippen LogP contribution in [0.5, 0.6) is 0 Å². The first-order valence-corrected chi connectivity index (χ1v) is 25.0. The van der Waals surface area contributed by atoms with E-state index >= 15 is 0 Å². The molecule has 6 radical (unpaired) electrons. The van der Waals surface area contributed by atoms with Crippen LogP contribution < -0.4 is 0 Å². The van der Waals surface area contributed by atoms with Gasteiger partial charge < -0.3 is 50.0 Å². The zero-order chi connectivity index (χ0) is 58.1. The second kappa shape index (κ2) is 45.7. The van der Waals surface area contributed by atoms with Crippen LogP contribution in [0.4, 0.5) is 13.2 Å². The average molecular weight is 2250 g/mol. The number of nitrogens with zero attached hydrogens (tertiary/aromatic N) is 10. The molecule has 0 atom stereocenters. The number of aromatic amines is 2. The monoisotopic (exact) mass is 2250 g/mol. The van der Waals surface area contributed by atoms with E-state index < -0.39 is 17.6 Å². The average Bonchev–Trinajstić information content (AvgIpc) is 4.39. The van der Waals surface area contributed by atoms with E-state index in [9.17, 15) is 18.0 Å². The molecular formula is C66H47F3Ir6N12O2-6. The van der Waals surface area contributed by atoms with Crippen LogP contribution in [0.1, 0.15) is 16.1 Å². The van der Waals surface area contributed by atoms with Crippen molar-refractivity contribution < 1.29 is 144 Å². The number of aromatic nitrogens is 12. The largest absolute Gasteiger partial charge is 0.477 e. The predicted molar refractivity (Wildman–Crippen MR) is 309 cm³/mol. The van der Waals surface area contributed by atoms with E-state index in [0.717, 1.165) is 62.9 Å². The third-order valence-corrected chi connectivity index (χ3v) is 10.6. The van der Waals surface area contributed by atoms with Crippen molar-refractivity contribution in [1.29, 1.82) is 0 Å². The summed E-state index contributed by atoms with van der Waals surface area (Å²) >= 11 is 0. The number of hydrogen-bond donors (Lipinski definition) is 3. The zero-order valence-electron chi connectivity index (χ0n) is 46.1. The van der Waals surface area contributed by atoms with Gasteiger partial charge in [-0.2, -0.15) is 41.5 Å². The van der Waals surface area contributed by atoms with Gasteiger partial charge in [0.2, 0.25) is 0 Å². The normalized spacial score (nSPS) is 9.12. The summed E-state index contributed by atoms with van der Waals surface area (Å²) in [5.74, 6) is -2.57. The molecule has 0 spiro atoms. The Labute approximate surface area is 594 Å². The van der Waals surface area contributed by atoms with Crippen LogP contribution in [0.15, 0.2) is 251 Å². The molecule has 0 aliphatic rings. The summed E-state index contributed by atoms with van der Waals surface area (Å²) < 4.78 is 38.8. The Kier molecular flexibility index (Phi) is 40.8. The molecule has 0 amide bonds. The van der Waals surface area contributed by atoms with E-state index in [1.54, 1.807) is 92.4 Å². The van der Waals surface area contributed by atoms with Crippen molar-refractivity contribution in [2.75, 3.05) is 0 Å². The fourth-order valence-corrected chi connectivity index (χ4v) is 6.70. The molecule has 14 nitrogen and oxygen atoms in total. The maximum Gasteiger partial charge on any atom is 0.354 e. The number of carboxylic acid groups (broad SMARTS) is 1. The van der Waals surface area contributed by atoms with Crippen molar-refractivity contribution in [3.63, 3.8) is 0 Å². The van der Waals surface area contributed by atoms with Crippen molar-refractivity contribution in [1.82, 2.24) is 59.8 Å². The fraction of sp³-hybridized carbons (Fsp3) is 0.0152. The molecule has 0 unspecified atom stereocenters. The molecule has 12 heterocycles. The molecule has 12 aromatic heterocycles. The van der Waals surface area contributed by atoms with Crippen LogP contribution in [0, 0.1) is 60.9 Å². The number of nitrogens with one attached hydrogen (secondary N) is 2. The Bertz CT molecular complexity index is 3660. The standard InChI is InChI=1S/C12H8F2N.C10H6FN2.2C10H7N2.2C9H7N2.C6H5NO2.6Ir/c1-8-4-5-15-12(6-8)10-3-2-9(13)7-11(10)14;11-9-3-5-13-10(6-9)8-2-1-4-12-7-8;1-3-7-11-9(5-1)10-6-2-4-8-12-10;1-2-6-12-10(3-1)9-4-7-11-8-5-9;2*1-2-5-11-9(3-1)8-4-6-10-7-8;8-6(9)5-3-1-2-4-7-5;;;;;;/h2,4-7H,1H3;1,3-7H;1-5,7-8H;1-4,6-8H;1-3,5-7,10H;1-6,10H;1-4H,(H,8,9);;;;;;/q6*-1;;;;;;;. The van der Waals surface area contributed by atoms with Gasteiger partial charge in [0.05, 0.1) is 0 Å². The first kappa shape index (κ1) is 79.4. The summed E-state index contributed by atoms with van der Waals surface area (Å²) in [5.41, 5.74) is 10.4.